The molecule has 0 aromatic rings. The minimum atomic E-state index is 0.916. The number of rotatable bonds is 2. The molecule has 0 unspecified atom stereocenters. The molecule has 0 radical (unpaired) electrons. The summed E-state index contributed by atoms with van der Waals surface area (Å²) in [5, 5.41) is 2.31. The Morgan fingerprint density at radius 1 is 1.00 bits per heavy atom. The maximum absolute atomic E-state index is 3.22. The normalized spacial score (nSPS) is 28.4. The summed E-state index contributed by atoms with van der Waals surface area (Å²) in [6.45, 7) is 4.89. The van der Waals surface area contributed by atoms with Gasteiger partial charge in [-0.25, -0.2) is 5.01 Å². The molecular weight excluding hydrogens is 162 g/mol. The molecule has 2 rings (SSSR count). The Morgan fingerprint density at radius 2 is 1.62 bits per heavy atom. The Labute approximate surface area is 81.1 Å². The Morgan fingerprint density at radius 3 is 2.15 bits per heavy atom. The Balaban J connectivity index is 1.77. The molecule has 2 aliphatic rings. The van der Waals surface area contributed by atoms with Crippen LogP contribution < -0.4 is 5.43 Å². The van der Waals surface area contributed by atoms with Crippen LogP contribution in [0.1, 0.15) is 25.7 Å². The van der Waals surface area contributed by atoms with Gasteiger partial charge in [-0.15, -0.1) is 0 Å². The van der Waals surface area contributed by atoms with Gasteiger partial charge in [0.2, 0.25) is 0 Å². The predicted molar refractivity (Wildman–Crippen MR) is 54.5 cm³/mol. The summed E-state index contributed by atoms with van der Waals surface area (Å²) in [5.41, 5.74) is 3.22. The lowest BCUT2D eigenvalue weighted by Crippen LogP contribution is -2.53. The molecule has 3 heteroatoms. The van der Waals surface area contributed by atoms with Crippen LogP contribution in [0.3, 0.4) is 0 Å². The van der Waals surface area contributed by atoms with Crippen LogP contribution in [-0.2, 0) is 0 Å². The monoisotopic (exact) mass is 183 g/mol. The molecule has 13 heavy (non-hydrogen) atoms. The van der Waals surface area contributed by atoms with Crippen molar-refractivity contribution in [1.82, 2.24) is 15.3 Å². The summed E-state index contributed by atoms with van der Waals surface area (Å²) in [4.78, 5) is 2.68. The zero-order chi connectivity index (χ0) is 9.10. The van der Waals surface area contributed by atoms with Gasteiger partial charge in [0, 0.05) is 32.2 Å². The van der Waals surface area contributed by atoms with E-state index in [4.69, 9.17) is 0 Å². The quantitative estimate of drug-likeness (QED) is 0.679. The van der Waals surface area contributed by atoms with Crippen molar-refractivity contribution < 1.29 is 0 Å². The van der Waals surface area contributed by atoms with Gasteiger partial charge >= 0.3 is 0 Å². The lowest BCUT2D eigenvalue weighted by atomic mass is 10.2. The van der Waals surface area contributed by atoms with Gasteiger partial charge in [0.1, 0.15) is 0 Å². The fraction of sp³-hybridized carbons (Fsp3) is 1.00. The van der Waals surface area contributed by atoms with E-state index in [1.165, 1.54) is 51.9 Å². The van der Waals surface area contributed by atoms with Crippen LogP contribution >= 0.6 is 0 Å². The van der Waals surface area contributed by atoms with Crippen LogP contribution in [0.25, 0.3) is 0 Å². The summed E-state index contributed by atoms with van der Waals surface area (Å²) >= 11 is 0. The van der Waals surface area contributed by atoms with Crippen molar-refractivity contribution in [2.45, 2.75) is 31.7 Å². The highest BCUT2D eigenvalue weighted by Gasteiger charge is 2.25. The number of hydrogen-bond donors (Lipinski definition) is 1. The molecule has 0 aromatic carbocycles. The van der Waals surface area contributed by atoms with Crippen LogP contribution in [0.2, 0.25) is 0 Å². The highest BCUT2D eigenvalue weighted by atomic mass is 15.5. The minimum Gasteiger partial charge on any atom is -0.298 e. The van der Waals surface area contributed by atoms with Crippen LogP contribution in [-0.4, -0.2) is 49.2 Å². The number of nitrogens with zero attached hydrogens (tertiary/aromatic N) is 2. The highest BCUT2D eigenvalue weighted by molar-refractivity contribution is 4.80. The molecule has 2 fully saturated rings. The maximum Gasteiger partial charge on any atom is 0.0259 e. The summed E-state index contributed by atoms with van der Waals surface area (Å²) in [5.74, 6) is 0. The highest BCUT2D eigenvalue weighted by Crippen LogP contribution is 2.23. The largest absolute Gasteiger partial charge is 0.298 e. The minimum absolute atomic E-state index is 0.916. The van der Waals surface area contributed by atoms with E-state index in [9.17, 15) is 0 Å². The van der Waals surface area contributed by atoms with E-state index in [2.05, 4.69) is 15.3 Å². The van der Waals surface area contributed by atoms with Crippen LogP contribution in [0.4, 0.5) is 0 Å². The fourth-order valence-electron chi connectivity index (χ4n) is 2.58. The second-order valence-electron chi connectivity index (χ2n) is 4.18. The number of hydrazine groups is 1. The van der Waals surface area contributed by atoms with Crippen molar-refractivity contribution in [3.05, 3.63) is 0 Å². The Bertz CT molecular complexity index is 146. The summed E-state index contributed by atoms with van der Waals surface area (Å²) < 4.78 is 0. The second-order valence-corrected chi connectivity index (χ2v) is 4.18. The first kappa shape index (κ1) is 9.44. The van der Waals surface area contributed by atoms with E-state index in [-0.39, 0.29) is 0 Å². The first-order valence-electron chi connectivity index (χ1n) is 5.56. The van der Waals surface area contributed by atoms with E-state index in [1.54, 1.807) is 0 Å². The first-order valence-corrected chi connectivity index (χ1v) is 5.56. The van der Waals surface area contributed by atoms with Gasteiger partial charge in [-0.1, -0.05) is 12.8 Å². The molecule has 0 atom stereocenters. The van der Waals surface area contributed by atoms with E-state index in [0.717, 1.165) is 6.04 Å². The average Bonchev–Trinajstić information content (AvgIpc) is 2.71. The molecule has 1 N–H and O–H groups in total. The molecule has 0 spiro atoms. The predicted octanol–water partition coefficient (Wildman–Crippen LogP) is 0.681. The zero-order valence-corrected chi connectivity index (χ0v) is 8.63. The molecule has 1 saturated carbocycles. The van der Waals surface area contributed by atoms with E-state index in [1.807, 2.05) is 7.05 Å². The smallest absolute Gasteiger partial charge is 0.0259 e. The van der Waals surface area contributed by atoms with Crippen molar-refractivity contribution in [2.24, 2.45) is 0 Å². The summed E-state index contributed by atoms with van der Waals surface area (Å²) in [6, 6.07) is 0.916. The molecule has 0 bridgehead atoms. The summed E-state index contributed by atoms with van der Waals surface area (Å²) in [6.07, 6.45) is 5.80. The average molecular weight is 183 g/mol. The molecule has 1 aliphatic heterocycles. The zero-order valence-electron chi connectivity index (χ0n) is 8.63. The molecule has 1 saturated heterocycles. The molecule has 1 heterocycles. The molecule has 0 amide bonds. The number of piperazine rings is 1. The maximum atomic E-state index is 3.22. The van der Waals surface area contributed by atoms with Gasteiger partial charge in [-0.05, 0) is 19.9 Å². The third-order valence-corrected chi connectivity index (χ3v) is 3.47. The molecule has 76 valence electrons. The van der Waals surface area contributed by atoms with Gasteiger partial charge in [0.05, 0.1) is 0 Å². The Hall–Kier alpha value is -0.120. The second kappa shape index (κ2) is 4.40. The van der Waals surface area contributed by atoms with Crippen LogP contribution in [0.15, 0.2) is 0 Å². The SMILES string of the molecule is CNN1CCN(C2CCCC2)CC1. The third-order valence-electron chi connectivity index (χ3n) is 3.47. The van der Waals surface area contributed by atoms with Crippen molar-refractivity contribution >= 4 is 0 Å². The standard InChI is InChI=1S/C10H21N3/c1-11-13-8-6-12(7-9-13)10-4-2-3-5-10/h10-11H,2-9H2,1H3. The van der Waals surface area contributed by atoms with E-state index >= 15 is 0 Å². The van der Waals surface area contributed by atoms with Crippen LogP contribution in [0.5, 0.6) is 0 Å². The molecular formula is C10H21N3. The van der Waals surface area contributed by atoms with Gasteiger partial charge in [-0.2, -0.15) is 0 Å². The lowest BCUT2D eigenvalue weighted by Gasteiger charge is -2.37. The molecule has 3 nitrogen and oxygen atoms in total. The van der Waals surface area contributed by atoms with Gasteiger partial charge in [0.15, 0.2) is 0 Å². The Kier molecular flexibility index (Phi) is 3.19. The molecule has 1 aliphatic carbocycles. The van der Waals surface area contributed by atoms with Crippen LogP contribution in [0, 0.1) is 0 Å². The van der Waals surface area contributed by atoms with E-state index in [0.29, 0.717) is 0 Å². The summed E-state index contributed by atoms with van der Waals surface area (Å²) in [7, 11) is 2.02. The van der Waals surface area contributed by atoms with Gasteiger partial charge in [0.25, 0.3) is 0 Å². The van der Waals surface area contributed by atoms with Gasteiger partial charge in [-0.3, -0.25) is 10.3 Å². The lowest BCUT2D eigenvalue weighted by molar-refractivity contribution is 0.0722. The number of hydrogen-bond acceptors (Lipinski definition) is 3. The molecule has 0 aromatic heterocycles. The third kappa shape index (κ3) is 2.22. The topological polar surface area (TPSA) is 18.5 Å². The van der Waals surface area contributed by atoms with Gasteiger partial charge < -0.3 is 0 Å². The van der Waals surface area contributed by atoms with Crippen molar-refractivity contribution in [2.75, 3.05) is 33.2 Å². The van der Waals surface area contributed by atoms with Crippen molar-refractivity contribution in [3.8, 4) is 0 Å². The van der Waals surface area contributed by atoms with Crippen molar-refractivity contribution in [3.63, 3.8) is 0 Å². The van der Waals surface area contributed by atoms with Crippen molar-refractivity contribution in [1.29, 1.82) is 0 Å². The fourth-order valence-corrected chi connectivity index (χ4v) is 2.58. The first-order chi connectivity index (χ1) is 6.40. The van der Waals surface area contributed by atoms with E-state index < -0.39 is 0 Å². The number of nitrogens with one attached hydrogen (secondary N) is 1.